The minimum Gasteiger partial charge on any atom is -0.352 e. The summed E-state index contributed by atoms with van der Waals surface area (Å²) in [5.74, 6) is 1.69. The fourth-order valence-corrected chi connectivity index (χ4v) is 2.39. The van der Waals surface area contributed by atoms with Gasteiger partial charge >= 0.3 is 0 Å². The number of rotatable bonds is 2. The molecule has 4 heteroatoms. The number of anilines is 1. The maximum atomic E-state index is 5.74. The van der Waals surface area contributed by atoms with Gasteiger partial charge < -0.3 is 10.6 Å². The van der Waals surface area contributed by atoms with E-state index in [1.807, 2.05) is 6.07 Å². The molecule has 2 N–H and O–H groups in total. The van der Waals surface area contributed by atoms with E-state index in [1.54, 1.807) is 6.20 Å². The molecule has 0 aromatic carbocycles. The summed E-state index contributed by atoms with van der Waals surface area (Å²) in [5.41, 5.74) is 6.84. The highest BCUT2D eigenvalue weighted by Gasteiger charge is 2.26. The Morgan fingerprint density at radius 1 is 1.50 bits per heavy atom. The molecule has 88 valence electrons. The van der Waals surface area contributed by atoms with Crippen LogP contribution in [-0.2, 0) is 6.54 Å². The van der Waals surface area contributed by atoms with Gasteiger partial charge in [0.05, 0.1) is 6.20 Å². The molecule has 0 spiro atoms. The van der Waals surface area contributed by atoms with Gasteiger partial charge in [0.25, 0.3) is 0 Å². The Morgan fingerprint density at radius 2 is 2.31 bits per heavy atom. The molecule has 2 heterocycles. The van der Waals surface area contributed by atoms with Crippen molar-refractivity contribution >= 4 is 5.82 Å². The van der Waals surface area contributed by atoms with Crippen LogP contribution < -0.4 is 10.6 Å². The van der Waals surface area contributed by atoms with E-state index in [-0.39, 0.29) is 0 Å². The molecule has 16 heavy (non-hydrogen) atoms. The molecule has 0 saturated carbocycles. The topological polar surface area (TPSA) is 55.0 Å². The van der Waals surface area contributed by atoms with Crippen molar-refractivity contribution in [2.24, 2.45) is 11.7 Å². The summed E-state index contributed by atoms with van der Waals surface area (Å²) in [6, 6.07) is 2.49. The standard InChI is InChI=1S/C12H20N4/c1-9-4-3-7-16(10(9)2)12-11(8-13)5-6-14-15-12/h5-6,9-10H,3-4,7-8,13H2,1-2H3. The molecular formula is C12H20N4. The molecular weight excluding hydrogens is 200 g/mol. The summed E-state index contributed by atoms with van der Waals surface area (Å²) in [7, 11) is 0. The number of nitrogens with zero attached hydrogens (tertiary/aromatic N) is 3. The molecule has 1 aliphatic rings. The van der Waals surface area contributed by atoms with E-state index >= 15 is 0 Å². The number of hydrogen-bond donors (Lipinski definition) is 1. The normalized spacial score (nSPS) is 25.8. The van der Waals surface area contributed by atoms with Crippen molar-refractivity contribution in [1.82, 2.24) is 10.2 Å². The largest absolute Gasteiger partial charge is 0.352 e. The minimum atomic E-state index is 0.524. The molecule has 1 saturated heterocycles. The van der Waals surface area contributed by atoms with Gasteiger partial charge in [-0.25, -0.2) is 0 Å². The van der Waals surface area contributed by atoms with Crippen LogP contribution >= 0.6 is 0 Å². The lowest BCUT2D eigenvalue weighted by Crippen LogP contribution is -2.43. The van der Waals surface area contributed by atoms with Crippen LogP contribution in [0.25, 0.3) is 0 Å². The minimum absolute atomic E-state index is 0.524. The van der Waals surface area contributed by atoms with E-state index in [4.69, 9.17) is 5.73 Å². The van der Waals surface area contributed by atoms with Crippen molar-refractivity contribution in [3.05, 3.63) is 17.8 Å². The number of aromatic nitrogens is 2. The zero-order valence-corrected chi connectivity index (χ0v) is 10.1. The lowest BCUT2D eigenvalue weighted by molar-refractivity contribution is 0.360. The van der Waals surface area contributed by atoms with E-state index in [0.29, 0.717) is 18.5 Å². The van der Waals surface area contributed by atoms with Crippen molar-refractivity contribution in [3.8, 4) is 0 Å². The second-order valence-electron chi connectivity index (χ2n) is 4.64. The Bertz CT molecular complexity index is 353. The van der Waals surface area contributed by atoms with Gasteiger partial charge in [0, 0.05) is 24.7 Å². The highest BCUT2D eigenvalue weighted by atomic mass is 15.3. The smallest absolute Gasteiger partial charge is 0.156 e. The monoisotopic (exact) mass is 220 g/mol. The third kappa shape index (κ3) is 2.02. The van der Waals surface area contributed by atoms with Gasteiger partial charge in [0.2, 0.25) is 0 Å². The highest BCUT2D eigenvalue weighted by Crippen LogP contribution is 2.28. The van der Waals surface area contributed by atoms with Gasteiger partial charge in [0.1, 0.15) is 0 Å². The molecule has 2 atom stereocenters. The number of piperidine rings is 1. The van der Waals surface area contributed by atoms with E-state index in [0.717, 1.165) is 17.9 Å². The third-order valence-corrected chi connectivity index (χ3v) is 3.65. The lowest BCUT2D eigenvalue weighted by Gasteiger charge is -2.39. The molecule has 0 aliphatic carbocycles. The zero-order chi connectivity index (χ0) is 11.5. The van der Waals surface area contributed by atoms with E-state index in [2.05, 4.69) is 28.9 Å². The zero-order valence-electron chi connectivity index (χ0n) is 10.1. The van der Waals surface area contributed by atoms with Crippen LogP contribution in [0.4, 0.5) is 5.82 Å². The van der Waals surface area contributed by atoms with Crippen LogP contribution in [-0.4, -0.2) is 22.8 Å². The molecule has 2 rings (SSSR count). The number of hydrogen-bond acceptors (Lipinski definition) is 4. The SMILES string of the molecule is CC1CCCN(c2nnccc2CN)C1C. The van der Waals surface area contributed by atoms with Crippen molar-refractivity contribution in [3.63, 3.8) is 0 Å². The molecule has 4 nitrogen and oxygen atoms in total. The molecule has 1 fully saturated rings. The Kier molecular flexibility index (Phi) is 3.39. The molecule has 0 bridgehead atoms. The Labute approximate surface area is 96.9 Å². The molecule has 0 radical (unpaired) electrons. The van der Waals surface area contributed by atoms with Crippen LogP contribution in [0.5, 0.6) is 0 Å². The first-order valence-corrected chi connectivity index (χ1v) is 6.01. The van der Waals surface area contributed by atoms with Crippen molar-refractivity contribution in [2.45, 2.75) is 39.3 Å². The van der Waals surface area contributed by atoms with Crippen molar-refractivity contribution in [2.75, 3.05) is 11.4 Å². The lowest BCUT2D eigenvalue weighted by atomic mass is 9.92. The summed E-state index contributed by atoms with van der Waals surface area (Å²) in [6.07, 6.45) is 4.24. The van der Waals surface area contributed by atoms with Gasteiger partial charge in [-0.15, -0.1) is 5.10 Å². The fraction of sp³-hybridized carbons (Fsp3) is 0.667. The summed E-state index contributed by atoms with van der Waals surface area (Å²) in [4.78, 5) is 2.35. The summed E-state index contributed by atoms with van der Waals surface area (Å²) in [5, 5.41) is 8.23. The maximum Gasteiger partial charge on any atom is 0.156 e. The van der Waals surface area contributed by atoms with Crippen molar-refractivity contribution in [1.29, 1.82) is 0 Å². The van der Waals surface area contributed by atoms with Crippen LogP contribution in [0.1, 0.15) is 32.3 Å². The molecule has 0 amide bonds. The predicted octanol–water partition coefficient (Wildman–Crippen LogP) is 1.56. The first-order valence-electron chi connectivity index (χ1n) is 6.01. The third-order valence-electron chi connectivity index (χ3n) is 3.65. The Morgan fingerprint density at radius 3 is 3.06 bits per heavy atom. The average molecular weight is 220 g/mol. The van der Waals surface area contributed by atoms with E-state index in [1.165, 1.54) is 12.8 Å². The second kappa shape index (κ2) is 4.78. The second-order valence-corrected chi connectivity index (χ2v) is 4.64. The predicted molar refractivity (Wildman–Crippen MR) is 65.1 cm³/mol. The van der Waals surface area contributed by atoms with Gasteiger partial charge in [-0.2, -0.15) is 5.10 Å². The van der Waals surface area contributed by atoms with Gasteiger partial charge in [-0.05, 0) is 31.7 Å². The van der Waals surface area contributed by atoms with Gasteiger partial charge in [-0.1, -0.05) is 6.92 Å². The van der Waals surface area contributed by atoms with Crippen molar-refractivity contribution < 1.29 is 0 Å². The van der Waals surface area contributed by atoms with E-state index < -0.39 is 0 Å². The molecule has 2 unspecified atom stereocenters. The summed E-state index contributed by atoms with van der Waals surface area (Å²) < 4.78 is 0. The summed E-state index contributed by atoms with van der Waals surface area (Å²) >= 11 is 0. The van der Waals surface area contributed by atoms with Gasteiger partial charge in [-0.3, -0.25) is 0 Å². The van der Waals surface area contributed by atoms with Crippen LogP contribution in [0.2, 0.25) is 0 Å². The first-order chi connectivity index (χ1) is 7.74. The van der Waals surface area contributed by atoms with Crippen LogP contribution in [0, 0.1) is 5.92 Å². The van der Waals surface area contributed by atoms with Gasteiger partial charge in [0.15, 0.2) is 5.82 Å². The highest BCUT2D eigenvalue weighted by molar-refractivity contribution is 5.46. The molecule has 1 aromatic heterocycles. The summed E-state index contributed by atoms with van der Waals surface area (Å²) in [6.45, 7) is 6.16. The van der Waals surface area contributed by atoms with Crippen LogP contribution in [0.15, 0.2) is 12.3 Å². The Hall–Kier alpha value is -1.16. The maximum absolute atomic E-state index is 5.74. The first kappa shape index (κ1) is 11.3. The Balaban J connectivity index is 2.28. The molecule has 1 aliphatic heterocycles. The molecule has 1 aromatic rings. The van der Waals surface area contributed by atoms with E-state index in [9.17, 15) is 0 Å². The van der Waals surface area contributed by atoms with Crippen LogP contribution in [0.3, 0.4) is 0 Å². The quantitative estimate of drug-likeness (QED) is 0.821. The fourth-order valence-electron chi connectivity index (χ4n) is 2.39. The number of nitrogens with two attached hydrogens (primary N) is 1. The average Bonchev–Trinajstić information content (AvgIpc) is 2.33.